The fourth-order valence-electron chi connectivity index (χ4n) is 4.18. The Labute approximate surface area is 195 Å². The molecule has 0 radical (unpaired) electrons. The minimum atomic E-state index is -0.209. The monoisotopic (exact) mass is 447 g/mol. The highest BCUT2D eigenvalue weighted by molar-refractivity contribution is 5.78. The Morgan fingerprint density at radius 3 is 2.48 bits per heavy atom. The molecule has 2 heterocycles. The predicted molar refractivity (Wildman–Crippen MR) is 129 cm³/mol. The van der Waals surface area contributed by atoms with E-state index in [0.717, 1.165) is 41.3 Å². The largest absolute Gasteiger partial charge is 0.486 e. The minimum absolute atomic E-state index is 0.0214. The number of hydrogen-bond acceptors (Lipinski definition) is 4. The number of ether oxygens (including phenoxy) is 2. The number of nitrogens with one attached hydrogen (secondary N) is 1. The first kappa shape index (κ1) is 22.9. The molecule has 1 aliphatic heterocycles. The van der Waals surface area contributed by atoms with Gasteiger partial charge in [0, 0.05) is 5.69 Å². The van der Waals surface area contributed by atoms with Crippen molar-refractivity contribution in [3.05, 3.63) is 76.6 Å². The van der Waals surface area contributed by atoms with Gasteiger partial charge in [0.25, 0.3) is 0 Å². The first-order valence-corrected chi connectivity index (χ1v) is 11.7. The molecule has 0 fully saturated rings. The molecule has 1 aromatic heterocycles. The summed E-state index contributed by atoms with van der Waals surface area (Å²) in [6.45, 7) is 9.74. The number of carbonyl (C=O) groups is 1. The van der Waals surface area contributed by atoms with E-state index in [-0.39, 0.29) is 17.9 Å². The Hall–Kier alpha value is -3.28. The Morgan fingerprint density at radius 1 is 1.06 bits per heavy atom. The number of hydrogen-bond donors (Lipinski definition) is 1. The number of aryl methyl sites for hydroxylation is 2. The number of aromatic nitrogens is 2. The molecule has 6 nitrogen and oxygen atoms in total. The molecule has 0 saturated heterocycles. The Kier molecular flexibility index (Phi) is 7.02. The lowest BCUT2D eigenvalue weighted by Crippen LogP contribution is -2.35. The lowest BCUT2D eigenvalue weighted by Gasteiger charge is -2.24. The van der Waals surface area contributed by atoms with Crippen LogP contribution in [0.2, 0.25) is 0 Å². The molecule has 0 saturated carbocycles. The average Bonchev–Trinajstić information content (AvgIpc) is 3.08. The Morgan fingerprint density at radius 2 is 1.79 bits per heavy atom. The molecule has 174 valence electrons. The summed E-state index contributed by atoms with van der Waals surface area (Å²) >= 11 is 0. The third kappa shape index (κ3) is 5.38. The number of rotatable bonds is 8. The smallest absolute Gasteiger partial charge is 0.225 e. The summed E-state index contributed by atoms with van der Waals surface area (Å²) in [5, 5.41) is 7.89. The van der Waals surface area contributed by atoms with Gasteiger partial charge in [-0.05, 0) is 62.4 Å². The maximum absolute atomic E-state index is 13.2. The molecule has 1 aliphatic rings. The summed E-state index contributed by atoms with van der Waals surface area (Å²) in [5.74, 6) is 1.31. The van der Waals surface area contributed by atoms with Crippen LogP contribution in [0.15, 0.2) is 48.5 Å². The average molecular weight is 448 g/mol. The van der Waals surface area contributed by atoms with E-state index in [1.807, 2.05) is 54.9 Å². The highest BCUT2D eigenvalue weighted by Crippen LogP contribution is 2.34. The molecule has 2 atom stereocenters. The third-order valence-electron chi connectivity index (χ3n) is 6.49. The van der Waals surface area contributed by atoms with Crippen LogP contribution < -0.4 is 14.8 Å². The molecule has 1 amide bonds. The highest BCUT2D eigenvalue weighted by atomic mass is 16.6. The molecule has 0 aliphatic carbocycles. The standard InChI is InChI=1S/C27H33N3O3/c1-18(17-30-21(4)19(2)20(3)29-30)27(31)28-24(12-10-22-8-6-5-7-9-22)23-11-13-25-26(16-23)33-15-14-32-25/h5-9,11,13,16,18,24H,10,12,14-15,17H2,1-4H3,(H,28,31)/t18-,24-/m0/s1. The van der Waals surface area contributed by atoms with Crippen molar-refractivity contribution >= 4 is 5.91 Å². The van der Waals surface area contributed by atoms with Crippen molar-refractivity contribution in [2.45, 2.75) is 53.1 Å². The second kappa shape index (κ2) is 10.1. The number of fused-ring (bicyclic) bond motifs is 1. The van der Waals surface area contributed by atoms with Crippen LogP contribution in [0.5, 0.6) is 11.5 Å². The van der Waals surface area contributed by atoms with Gasteiger partial charge in [-0.1, -0.05) is 43.3 Å². The molecule has 4 rings (SSSR count). The van der Waals surface area contributed by atoms with Crippen molar-refractivity contribution < 1.29 is 14.3 Å². The van der Waals surface area contributed by atoms with Crippen LogP contribution in [0, 0.1) is 26.7 Å². The van der Waals surface area contributed by atoms with Gasteiger partial charge in [-0.2, -0.15) is 5.10 Å². The maximum Gasteiger partial charge on any atom is 0.225 e. The maximum atomic E-state index is 13.2. The van der Waals surface area contributed by atoms with E-state index in [1.54, 1.807) is 0 Å². The summed E-state index contributed by atoms with van der Waals surface area (Å²) in [7, 11) is 0. The Balaban J connectivity index is 1.50. The van der Waals surface area contributed by atoms with Crippen LogP contribution in [0.25, 0.3) is 0 Å². The number of amides is 1. The molecule has 0 spiro atoms. The van der Waals surface area contributed by atoms with Gasteiger partial charge in [0.05, 0.1) is 24.2 Å². The second-order valence-electron chi connectivity index (χ2n) is 8.87. The topological polar surface area (TPSA) is 65.4 Å². The van der Waals surface area contributed by atoms with Gasteiger partial charge in [-0.25, -0.2) is 0 Å². The molecular weight excluding hydrogens is 414 g/mol. The predicted octanol–water partition coefficient (Wildman–Crippen LogP) is 4.71. The van der Waals surface area contributed by atoms with Gasteiger partial charge in [0.1, 0.15) is 13.2 Å². The van der Waals surface area contributed by atoms with E-state index < -0.39 is 0 Å². The quantitative estimate of drug-likeness (QED) is 0.543. The molecular formula is C27H33N3O3. The van der Waals surface area contributed by atoms with Gasteiger partial charge in [0.2, 0.25) is 5.91 Å². The first-order chi connectivity index (χ1) is 15.9. The van der Waals surface area contributed by atoms with Gasteiger partial charge in [-0.3, -0.25) is 9.48 Å². The fourth-order valence-corrected chi connectivity index (χ4v) is 4.18. The van der Waals surface area contributed by atoms with Crippen molar-refractivity contribution in [1.82, 2.24) is 15.1 Å². The fraction of sp³-hybridized carbons (Fsp3) is 0.407. The van der Waals surface area contributed by atoms with E-state index in [9.17, 15) is 4.79 Å². The molecule has 3 aromatic rings. The van der Waals surface area contributed by atoms with Crippen LogP contribution >= 0.6 is 0 Å². The summed E-state index contributed by atoms with van der Waals surface area (Å²) in [5.41, 5.74) is 5.58. The van der Waals surface area contributed by atoms with E-state index in [4.69, 9.17) is 9.47 Å². The van der Waals surface area contributed by atoms with Crippen molar-refractivity contribution in [3.63, 3.8) is 0 Å². The van der Waals surface area contributed by atoms with E-state index in [0.29, 0.717) is 19.8 Å². The molecule has 6 heteroatoms. The second-order valence-corrected chi connectivity index (χ2v) is 8.87. The SMILES string of the molecule is Cc1nn(C[C@H](C)C(=O)N[C@@H](CCc2ccccc2)c2ccc3c(c2)OCCO3)c(C)c1C. The van der Waals surface area contributed by atoms with Crippen LogP contribution in [0.3, 0.4) is 0 Å². The van der Waals surface area contributed by atoms with Crippen LogP contribution in [0.4, 0.5) is 0 Å². The lowest BCUT2D eigenvalue weighted by atomic mass is 9.97. The van der Waals surface area contributed by atoms with E-state index in [1.165, 1.54) is 11.1 Å². The normalized spacial score (nSPS) is 14.5. The lowest BCUT2D eigenvalue weighted by molar-refractivity contribution is -0.125. The van der Waals surface area contributed by atoms with Crippen LogP contribution in [-0.4, -0.2) is 28.9 Å². The molecule has 1 N–H and O–H groups in total. The number of benzene rings is 2. The van der Waals surface area contributed by atoms with Gasteiger partial charge in [-0.15, -0.1) is 0 Å². The molecule has 2 aromatic carbocycles. The zero-order valence-electron chi connectivity index (χ0n) is 19.9. The zero-order valence-corrected chi connectivity index (χ0v) is 19.9. The summed E-state index contributed by atoms with van der Waals surface area (Å²) < 4.78 is 13.4. The summed E-state index contributed by atoms with van der Waals surface area (Å²) in [6, 6.07) is 16.2. The van der Waals surface area contributed by atoms with Crippen molar-refractivity contribution in [2.75, 3.05) is 13.2 Å². The van der Waals surface area contributed by atoms with Crippen molar-refractivity contribution in [2.24, 2.45) is 5.92 Å². The van der Waals surface area contributed by atoms with Crippen LogP contribution in [0.1, 0.15) is 47.5 Å². The number of nitrogens with zero attached hydrogens (tertiary/aromatic N) is 2. The van der Waals surface area contributed by atoms with Gasteiger partial charge >= 0.3 is 0 Å². The minimum Gasteiger partial charge on any atom is -0.486 e. The van der Waals surface area contributed by atoms with Crippen molar-refractivity contribution in [3.8, 4) is 11.5 Å². The molecule has 33 heavy (non-hydrogen) atoms. The van der Waals surface area contributed by atoms with E-state index >= 15 is 0 Å². The first-order valence-electron chi connectivity index (χ1n) is 11.7. The zero-order chi connectivity index (χ0) is 23.4. The summed E-state index contributed by atoms with van der Waals surface area (Å²) in [4.78, 5) is 13.2. The highest BCUT2D eigenvalue weighted by Gasteiger charge is 2.23. The van der Waals surface area contributed by atoms with E-state index in [2.05, 4.69) is 36.4 Å². The molecule has 0 unspecified atom stereocenters. The van der Waals surface area contributed by atoms with Gasteiger partial charge < -0.3 is 14.8 Å². The van der Waals surface area contributed by atoms with Gasteiger partial charge in [0.15, 0.2) is 11.5 Å². The Bertz CT molecular complexity index is 1110. The number of carbonyl (C=O) groups excluding carboxylic acids is 1. The molecule has 0 bridgehead atoms. The third-order valence-corrected chi connectivity index (χ3v) is 6.49. The van der Waals surface area contributed by atoms with Crippen molar-refractivity contribution in [1.29, 1.82) is 0 Å². The van der Waals surface area contributed by atoms with Crippen LogP contribution in [-0.2, 0) is 17.8 Å². The summed E-state index contributed by atoms with van der Waals surface area (Å²) in [6.07, 6.45) is 1.66.